The van der Waals surface area contributed by atoms with Crippen LogP contribution in [0.15, 0.2) is 67.0 Å². The lowest BCUT2D eigenvalue weighted by Gasteiger charge is -2.10. The lowest BCUT2D eigenvalue weighted by molar-refractivity contribution is 0.0962. The monoisotopic (exact) mass is 324 g/mol. The number of carbonyl (C=O) groups excluding carboxylic acids is 1. The molecule has 0 saturated carbocycles. The van der Waals surface area contributed by atoms with Crippen molar-refractivity contribution in [1.29, 1.82) is 0 Å². The number of benzene rings is 2. The number of amides is 1. The summed E-state index contributed by atoms with van der Waals surface area (Å²) in [7, 11) is 0. The topological polar surface area (TPSA) is 66.9 Å². The van der Waals surface area contributed by atoms with Crippen LogP contribution < -0.4 is 10.9 Å². The van der Waals surface area contributed by atoms with E-state index in [0.717, 1.165) is 11.1 Å². The minimum absolute atomic E-state index is 0.302. The van der Waals surface area contributed by atoms with Crippen molar-refractivity contribution >= 4 is 23.5 Å². The van der Waals surface area contributed by atoms with Gasteiger partial charge in [0.05, 0.1) is 10.6 Å². The van der Waals surface area contributed by atoms with Gasteiger partial charge in [0.25, 0.3) is 5.91 Å². The largest absolute Gasteiger partial charge is 0.271 e. The van der Waals surface area contributed by atoms with E-state index in [9.17, 15) is 4.79 Å². The maximum absolute atomic E-state index is 12.3. The second kappa shape index (κ2) is 6.89. The Kier molecular flexibility index (Phi) is 4.49. The highest BCUT2D eigenvalue weighted by molar-refractivity contribution is 6.34. The van der Waals surface area contributed by atoms with E-state index in [0.29, 0.717) is 16.5 Å². The summed E-state index contributed by atoms with van der Waals surface area (Å²) >= 11 is 6.14. The summed E-state index contributed by atoms with van der Waals surface area (Å²) in [5.74, 6) is -0.0589. The van der Waals surface area contributed by atoms with Gasteiger partial charge in [0, 0.05) is 12.4 Å². The molecule has 0 saturated heterocycles. The molecule has 0 unspecified atom stereocenters. The molecule has 0 aliphatic heterocycles. The number of rotatable bonds is 4. The van der Waals surface area contributed by atoms with Gasteiger partial charge in [-0.25, -0.2) is 9.97 Å². The lowest BCUT2D eigenvalue weighted by atomic mass is 10.0. The summed E-state index contributed by atoms with van der Waals surface area (Å²) in [5.41, 5.74) is 7.48. The molecule has 114 valence electrons. The summed E-state index contributed by atoms with van der Waals surface area (Å²) < 4.78 is 0. The van der Waals surface area contributed by atoms with E-state index < -0.39 is 0 Å². The molecule has 2 aromatic carbocycles. The van der Waals surface area contributed by atoms with Crippen LogP contribution >= 0.6 is 11.6 Å². The van der Waals surface area contributed by atoms with Gasteiger partial charge in [0.1, 0.15) is 0 Å². The van der Waals surface area contributed by atoms with Crippen LogP contribution in [0.2, 0.25) is 5.02 Å². The average Bonchev–Trinajstić information content (AvgIpc) is 2.62. The Bertz CT molecular complexity index is 809. The predicted octanol–water partition coefficient (Wildman–Crippen LogP) is 3.55. The van der Waals surface area contributed by atoms with Crippen molar-refractivity contribution in [1.82, 2.24) is 15.4 Å². The number of nitrogens with one attached hydrogen (secondary N) is 2. The van der Waals surface area contributed by atoms with Crippen LogP contribution in [-0.4, -0.2) is 15.9 Å². The van der Waals surface area contributed by atoms with Crippen LogP contribution in [0.25, 0.3) is 11.1 Å². The molecule has 2 N–H and O–H groups in total. The Labute approximate surface area is 138 Å². The molecule has 6 heteroatoms. The third kappa shape index (κ3) is 3.64. The summed E-state index contributed by atoms with van der Waals surface area (Å²) in [6.45, 7) is 0. The zero-order valence-corrected chi connectivity index (χ0v) is 12.8. The molecule has 3 rings (SSSR count). The number of hydrogen-bond donors (Lipinski definition) is 2. The number of hydrazine groups is 1. The van der Waals surface area contributed by atoms with Gasteiger partial charge in [-0.1, -0.05) is 48.0 Å². The minimum Gasteiger partial charge on any atom is -0.267 e. The summed E-state index contributed by atoms with van der Waals surface area (Å²) in [6.07, 6.45) is 3.15. The van der Waals surface area contributed by atoms with Gasteiger partial charge in [0.2, 0.25) is 5.95 Å². The summed E-state index contributed by atoms with van der Waals surface area (Å²) in [6, 6.07) is 16.8. The highest BCUT2D eigenvalue weighted by Crippen LogP contribution is 2.25. The molecule has 1 aromatic heterocycles. The van der Waals surface area contributed by atoms with Crippen LogP contribution in [0.4, 0.5) is 5.95 Å². The van der Waals surface area contributed by atoms with E-state index >= 15 is 0 Å². The zero-order chi connectivity index (χ0) is 16.1. The quantitative estimate of drug-likeness (QED) is 0.720. The van der Waals surface area contributed by atoms with Gasteiger partial charge < -0.3 is 0 Å². The third-order valence-corrected chi connectivity index (χ3v) is 3.50. The minimum atomic E-state index is -0.361. The van der Waals surface area contributed by atoms with E-state index in [2.05, 4.69) is 20.8 Å². The van der Waals surface area contributed by atoms with Crippen molar-refractivity contribution in [3.63, 3.8) is 0 Å². The molecular weight excluding hydrogens is 312 g/mol. The van der Waals surface area contributed by atoms with Crippen molar-refractivity contribution in [3.05, 3.63) is 77.6 Å². The molecule has 0 bridgehead atoms. The fourth-order valence-electron chi connectivity index (χ4n) is 2.05. The second-order valence-corrected chi connectivity index (χ2v) is 5.12. The fourth-order valence-corrected chi connectivity index (χ4v) is 2.26. The molecule has 0 fully saturated rings. The normalized spacial score (nSPS) is 10.1. The first kappa shape index (κ1) is 15.0. The molecule has 3 aromatic rings. The average molecular weight is 325 g/mol. The number of aromatic nitrogens is 2. The number of hydrogen-bond acceptors (Lipinski definition) is 4. The molecule has 1 amide bonds. The number of halogens is 1. The van der Waals surface area contributed by atoms with E-state index in [1.165, 1.54) is 0 Å². The predicted molar refractivity (Wildman–Crippen MR) is 90.0 cm³/mol. The molecular formula is C17H13ClN4O. The molecule has 1 heterocycles. The Morgan fingerprint density at radius 2 is 1.65 bits per heavy atom. The molecule has 0 spiro atoms. The van der Waals surface area contributed by atoms with Gasteiger partial charge in [-0.2, -0.15) is 0 Å². The fraction of sp³-hybridized carbons (Fsp3) is 0. The first-order valence-corrected chi connectivity index (χ1v) is 7.30. The Morgan fingerprint density at radius 3 is 2.39 bits per heavy atom. The van der Waals surface area contributed by atoms with Gasteiger partial charge in [-0.15, -0.1) is 0 Å². The number of carbonyl (C=O) groups is 1. The molecule has 23 heavy (non-hydrogen) atoms. The van der Waals surface area contributed by atoms with Crippen molar-refractivity contribution < 1.29 is 4.79 Å². The highest BCUT2D eigenvalue weighted by Gasteiger charge is 2.12. The van der Waals surface area contributed by atoms with Gasteiger partial charge >= 0.3 is 0 Å². The van der Waals surface area contributed by atoms with Crippen LogP contribution in [0.5, 0.6) is 0 Å². The van der Waals surface area contributed by atoms with Crippen LogP contribution in [0.3, 0.4) is 0 Å². The molecule has 0 radical (unpaired) electrons. The van der Waals surface area contributed by atoms with E-state index in [4.69, 9.17) is 11.6 Å². The van der Waals surface area contributed by atoms with Crippen molar-refractivity contribution in [3.8, 4) is 11.1 Å². The van der Waals surface area contributed by atoms with Gasteiger partial charge in [-0.05, 0) is 29.3 Å². The standard InChI is InChI=1S/C17H13ClN4O/c18-15-8-7-13(12-5-2-1-3-6-12)11-14(15)16(23)21-22-17-19-9-4-10-20-17/h1-11H,(H,21,23)(H,19,20,22). The molecule has 5 nitrogen and oxygen atoms in total. The van der Waals surface area contributed by atoms with Crippen molar-refractivity contribution in [2.45, 2.75) is 0 Å². The van der Waals surface area contributed by atoms with Crippen molar-refractivity contribution in [2.24, 2.45) is 0 Å². The lowest BCUT2D eigenvalue weighted by Crippen LogP contribution is -2.30. The van der Waals surface area contributed by atoms with E-state index in [-0.39, 0.29) is 5.91 Å². The Morgan fingerprint density at radius 1 is 0.913 bits per heavy atom. The van der Waals surface area contributed by atoms with Gasteiger partial charge in [0.15, 0.2) is 0 Å². The maximum Gasteiger partial charge on any atom is 0.271 e. The molecule has 0 aliphatic rings. The Balaban J connectivity index is 1.80. The van der Waals surface area contributed by atoms with E-state index in [1.807, 2.05) is 36.4 Å². The number of anilines is 1. The zero-order valence-electron chi connectivity index (χ0n) is 12.0. The first-order valence-electron chi connectivity index (χ1n) is 6.92. The van der Waals surface area contributed by atoms with Crippen molar-refractivity contribution in [2.75, 3.05) is 5.43 Å². The van der Waals surface area contributed by atoms with Gasteiger partial charge in [-0.3, -0.25) is 15.6 Å². The summed E-state index contributed by atoms with van der Waals surface area (Å²) in [4.78, 5) is 20.2. The molecule has 0 atom stereocenters. The SMILES string of the molecule is O=C(NNc1ncccn1)c1cc(-c2ccccc2)ccc1Cl. The van der Waals surface area contributed by atoms with Crippen LogP contribution in [0.1, 0.15) is 10.4 Å². The summed E-state index contributed by atoms with van der Waals surface area (Å²) in [5, 5.41) is 0.373. The van der Waals surface area contributed by atoms with E-state index in [1.54, 1.807) is 30.6 Å². The second-order valence-electron chi connectivity index (χ2n) is 4.71. The first-order chi connectivity index (χ1) is 11.2. The Hall–Kier alpha value is -2.92. The smallest absolute Gasteiger partial charge is 0.267 e. The molecule has 0 aliphatic carbocycles. The number of nitrogens with zero attached hydrogens (tertiary/aromatic N) is 2. The van der Waals surface area contributed by atoms with Crippen LogP contribution in [0, 0.1) is 0 Å². The third-order valence-electron chi connectivity index (χ3n) is 3.17. The highest BCUT2D eigenvalue weighted by atomic mass is 35.5. The van der Waals surface area contributed by atoms with Crippen LogP contribution in [-0.2, 0) is 0 Å². The maximum atomic E-state index is 12.3.